The van der Waals surface area contributed by atoms with Gasteiger partial charge in [0.15, 0.2) is 5.82 Å². The fourth-order valence-electron chi connectivity index (χ4n) is 4.08. The summed E-state index contributed by atoms with van der Waals surface area (Å²) in [6, 6.07) is 15.4. The van der Waals surface area contributed by atoms with Crippen LogP contribution in [0.25, 0.3) is 10.4 Å². The minimum absolute atomic E-state index is 0.274. The van der Waals surface area contributed by atoms with Crippen molar-refractivity contribution in [3.8, 4) is 15.5 Å². The number of carbonyl (C=O) groups excluding carboxylic acids is 2. The zero-order valence-electron chi connectivity index (χ0n) is 21.3. The largest absolute Gasteiger partial charge is 0.514 e. The smallest absolute Gasteiger partial charge is 0.449 e. The van der Waals surface area contributed by atoms with E-state index >= 15 is 0 Å². The number of methoxy groups -OCH3 is 1. The number of rotatable bonds is 6. The number of anilines is 5. The second-order valence-electron chi connectivity index (χ2n) is 8.55. The lowest BCUT2D eigenvalue weighted by atomic mass is 10.1. The maximum atomic E-state index is 12.0. The molecule has 200 valence electrons. The number of fused-ring (bicyclic) bond motifs is 1. The summed E-state index contributed by atoms with van der Waals surface area (Å²) in [7, 11) is 2.92. The number of thiophene rings is 1. The first-order valence-corrected chi connectivity index (χ1v) is 13.1. The molecule has 12 heteroatoms. The molecule has 0 saturated heterocycles. The van der Waals surface area contributed by atoms with Gasteiger partial charge in [-0.05, 0) is 41.8 Å². The molecule has 2 N–H and O–H groups in total. The fraction of sp³-hybridized carbons (Fsp3) is 0.185. The summed E-state index contributed by atoms with van der Waals surface area (Å²) in [5.41, 5.74) is 4.82. The van der Waals surface area contributed by atoms with E-state index < -0.39 is 6.16 Å². The Bertz CT molecular complexity index is 1550. The maximum Gasteiger partial charge on any atom is 0.514 e. The second kappa shape index (κ2) is 11.2. The monoisotopic (exact) mass is 565 g/mol. The summed E-state index contributed by atoms with van der Waals surface area (Å²) in [5.74, 6) is 0.612. The van der Waals surface area contributed by atoms with E-state index in [2.05, 4.69) is 20.6 Å². The summed E-state index contributed by atoms with van der Waals surface area (Å²) >= 11 is 7.76. The van der Waals surface area contributed by atoms with Crippen LogP contribution in [0.2, 0.25) is 5.02 Å². The van der Waals surface area contributed by atoms with Gasteiger partial charge in [-0.25, -0.2) is 14.6 Å². The number of nitrogens with one attached hydrogen (secondary N) is 2. The van der Waals surface area contributed by atoms with Crippen LogP contribution in [0.4, 0.5) is 38.4 Å². The molecule has 0 aliphatic carbocycles. The highest BCUT2D eigenvalue weighted by Crippen LogP contribution is 2.46. The van der Waals surface area contributed by atoms with Gasteiger partial charge < -0.3 is 24.8 Å². The maximum absolute atomic E-state index is 12.0. The highest BCUT2D eigenvalue weighted by Gasteiger charge is 2.23. The molecule has 2 aromatic heterocycles. The van der Waals surface area contributed by atoms with Crippen LogP contribution < -0.4 is 20.3 Å². The van der Waals surface area contributed by atoms with Crippen molar-refractivity contribution in [3.05, 3.63) is 70.9 Å². The van der Waals surface area contributed by atoms with Gasteiger partial charge in [0.1, 0.15) is 5.02 Å². The van der Waals surface area contributed by atoms with Gasteiger partial charge >= 0.3 is 12.2 Å². The summed E-state index contributed by atoms with van der Waals surface area (Å²) in [5, 5.41) is 6.99. The molecule has 0 fully saturated rings. The third-order valence-corrected chi connectivity index (χ3v) is 7.54. The van der Waals surface area contributed by atoms with Crippen molar-refractivity contribution in [3.63, 3.8) is 0 Å². The first-order valence-electron chi connectivity index (χ1n) is 11.9. The first-order chi connectivity index (χ1) is 18.8. The van der Waals surface area contributed by atoms with Crippen molar-refractivity contribution in [2.75, 3.05) is 36.3 Å². The number of amides is 1. The molecule has 3 heterocycles. The van der Waals surface area contributed by atoms with Crippen molar-refractivity contribution in [1.29, 1.82) is 0 Å². The molecular weight excluding hydrogens is 542 g/mol. The summed E-state index contributed by atoms with van der Waals surface area (Å²) < 4.78 is 15.4. The molecule has 0 spiro atoms. The average molecular weight is 566 g/mol. The van der Waals surface area contributed by atoms with Gasteiger partial charge in [0, 0.05) is 24.0 Å². The normalized spacial score (nSPS) is 12.7. The molecule has 1 aliphatic heterocycles. The summed E-state index contributed by atoms with van der Waals surface area (Å²) in [6.45, 7) is 2.22. The molecule has 4 aromatic rings. The molecule has 5 rings (SSSR count). The highest BCUT2D eigenvalue weighted by molar-refractivity contribution is 7.18. The van der Waals surface area contributed by atoms with E-state index in [1.165, 1.54) is 29.5 Å². The number of benzene rings is 2. The van der Waals surface area contributed by atoms with Crippen LogP contribution in [0.3, 0.4) is 0 Å². The fourth-order valence-corrected chi connectivity index (χ4v) is 5.33. The number of halogens is 1. The Morgan fingerprint density at radius 1 is 1.18 bits per heavy atom. The van der Waals surface area contributed by atoms with E-state index in [1.54, 1.807) is 7.05 Å². The lowest BCUT2D eigenvalue weighted by Gasteiger charge is -2.17. The Morgan fingerprint density at radius 3 is 2.74 bits per heavy atom. The van der Waals surface area contributed by atoms with E-state index in [0.717, 1.165) is 32.9 Å². The van der Waals surface area contributed by atoms with Crippen LogP contribution in [-0.4, -0.2) is 43.0 Å². The number of hydrogen-bond donors (Lipinski definition) is 2. The third-order valence-electron chi connectivity index (χ3n) is 6.05. The van der Waals surface area contributed by atoms with E-state index in [1.807, 2.05) is 55.5 Å². The molecule has 39 heavy (non-hydrogen) atoms. The molecule has 0 saturated carbocycles. The van der Waals surface area contributed by atoms with Crippen LogP contribution in [0, 0.1) is 6.92 Å². The van der Waals surface area contributed by atoms with Gasteiger partial charge in [-0.15, -0.1) is 0 Å². The Labute approximate surface area is 233 Å². The van der Waals surface area contributed by atoms with Gasteiger partial charge in [0.05, 0.1) is 31.3 Å². The molecule has 1 amide bonds. The third kappa shape index (κ3) is 5.59. The number of hydrogen-bond acceptors (Lipinski definition) is 10. The standard InChI is InChI=1S/C27H24ClN5O5S/c1-15-21(24(38-27(35)36-3)39-22(15)16-7-5-4-6-8-16)31-23-19(28)14-29-25(32-23)30-18-9-10-20-17(13-18)11-12-37-26(34)33(20)2/h4-10,13-14H,11-12H2,1-3H3,(H2,29,30,31,32). The SMILES string of the molecule is COC(=O)Oc1sc(-c2ccccc2)c(C)c1Nc1nc(Nc2ccc3c(c2)CCOC(=O)N3C)ncc1Cl. The molecule has 0 bridgehead atoms. The van der Waals surface area contributed by atoms with Crippen molar-refractivity contribution in [1.82, 2.24) is 9.97 Å². The van der Waals surface area contributed by atoms with Crippen molar-refractivity contribution >= 4 is 64.0 Å². The predicted octanol–water partition coefficient (Wildman–Crippen LogP) is 6.93. The second-order valence-corrected chi connectivity index (χ2v) is 9.94. The van der Waals surface area contributed by atoms with Crippen LogP contribution >= 0.6 is 22.9 Å². The topological polar surface area (TPSA) is 115 Å². The van der Waals surface area contributed by atoms with E-state index in [9.17, 15) is 9.59 Å². The molecule has 0 radical (unpaired) electrons. The molecule has 2 aromatic carbocycles. The van der Waals surface area contributed by atoms with Gasteiger partial charge in [0.2, 0.25) is 11.0 Å². The summed E-state index contributed by atoms with van der Waals surface area (Å²) in [6.07, 6.45) is 0.833. The Kier molecular flexibility index (Phi) is 7.53. The number of carbonyl (C=O) groups is 2. The zero-order chi connectivity index (χ0) is 27.5. The lowest BCUT2D eigenvalue weighted by molar-refractivity contribution is 0.123. The Balaban J connectivity index is 1.45. The average Bonchev–Trinajstić information content (AvgIpc) is 3.16. The van der Waals surface area contributed by atoms with Crippen LogP contribution in [0.15, 0.2) is 54.7 Å². The molecular formula is C27H24ClN5O5S. The van der Waals surface area contributed by atoms with Crippen molar-refractivity contribution in [2.45, 2.75) is 13.3 Å². The highest BCUT2D eigenvalue weighted by atomic mass is 35.5. The summed E-state index contributed by atoms with van der Waals surface area (Å²) in [4.78, 5) is 35.2. The zero-order valence-corrected chi connectivity index (χ0v) is 22.9. The predicted molar refractivity (Wildman–Crippen MR) is 151 cm³/mol. The van der Waals surface area contributed by atoms with E-state index in [-0.39, 0.29) is 11.1 Å². The van der Waals surface area contributed by atoms with Crippen LogP contribution in [0.1, 0.15) is 11.1 Å². The van der Waals surface area contributed by atoms with Gasteiger partial charge in [-0.3, -0.25) is 4.90 Å². The minimum Gasteiger partial charge on any atom is -0.449 e. The van der Waals surface area contributed by atoms with Crippen LogP contribution in [-0.2, 0) is 15.9 Å². The quantitative estimate of drug-likeness (QED) is 0.240. The number of cyclic esters (lactones) is 1. The van der Waals surface area contributed by atoms with E-state index in [4.69, 9.17) is 25.8 Å². The van der Waals surface area contributed by atoms with Crippen molar-refractivity contribution < 1.29 is 23.8 Å². The van der Waals surface area contributed by atoms with Gasteiger partial charge in [-0.2, -0.15) is 4.98 Å². The van der Waals surface area contributed by atoms with Crippen molar-refractivity contribution in [2.24, 2.45) is 0 Å². The first kappa shape index (κ1) is 26.3. The van der Waals surface area contributed by atoms with Gasteiger partial charge in [-0.1, -0.05) is 53.3 Å². The number of aromatic nitrogens is 2. The van der Waals surface area contributed by atoms with Crippen LogP contribution in [0.5, 0.6) is 5.06 Å². The molecule has 0 atom stereocenters. The lowest BCUT2D eigenvalue weighted by Crippen LogP contribution is -2.25. The molecule has 10 nitrogen and oxygen atoms in total. The van der Waals surface area contributed by atoms with E-state index in [0.29, 0.717) is 35.5 Å². The Morgan fingerprint density at radius 2 is 1.97 bits per heavy atom. The molecule has 0 unspecified atom stereocenters. The van der Waals surface area contributed by atoms with Gasteiger partial charge in [0.25, 0.3) is 0 Å². The molecule has 1 aliphatic rings. The minimum atomic E-state index is -0.837. The Hall–Kier alpha value is -4.35. The number of nitrogens with zero attached hydrogens (tertiary/aromatic N) is 3. The number of ether oxygens (including phenoxy) is 3.